The van der Waals surface area contributed by atoms with E-state index < -0.39 is 0 Å². The summed E-state index contributed by atoms with van der Waals surface area (Å²) in [6.45, 7) is 2.68. The van der Waals surface area contributed by atoms with Crippen molar-refractivity contribution in [1.29, 1.82) is 0 Å². The number of amides is 1. The van der Waals surface area contributed by atoms with Crippen LogP contribution in [0.3, 0.4) is 0 Å². The summed E-state index contributed by atoms with van der Waals surface area (Å²) in [5.74, 6) is 1.22. The number of aromatic nitrogens is 2. The van der Waals surface area contributed by atoms with Gasteiger partial charge in [0.1, 0.15) is 17.3 Å². The predicted octanol–water partition coefficient (Wildman–Crippen LogP) is 3.76. The van der Waals surface area contributed by atoms with E-state index in [0.717, 1.165) is 30.2 Å². The largest absolute Gasteiger partial charge is 0.326 e. The number of rotatable bonds is 3. The number of carbonyl (C=O) groups is 1. The van der Waals surface area contributed by atoms with Gasteiger partial charge in [0.15, 0.2) is 0 Å². The molecule has 0 fully saturated rings. The van der Waals surface area contributed by atoms with Gasteiger partial charge in [0.05, 0.1) is 0 Å². The van der Waals surface area contributed by atoms with Crippen molar-refractivity contribution < 1.29 is 4.79 Å². The minimum Gasteiger partial charge on any atom is -0.326 e. The summed E-state index contributed by atoms with van der Waals surface area (Å²) < 4.78 is 0. The molecule has 0 saturated heterocycles. The molecule has 130 valence electrons. The van der Waals surface area contributed by atoms with E-state index in [4.69, 9.17) is 0 Å². The smallest absolute Gasteiger partial charge is 0.276 e. The standard InChI is InChI=1S/C21H20N4O/c1-15-22-18(21(26)24(2)17-9-4-3-5-10-17)14-20(23-15)25-13-12-16-8-6-7-11-19(16)25/h3-11,14H,12-13H2,1-2H3. The lowest BCUT2D eigenvalue weighted by Gasteiger charge is -2.21. The maximum absolute atomic E-state index is 12.9. The normalized spacial score (nSPS) is 12.8. The van der Waals surface area contributed by atoms with Crippen molar-refractivity contribution in [3.8, 4) is 0 Å². The topological polar surface area (TPSA) is 49.3 Å². The van der Waals surface area contributed by atoms with Gasteiger partial charge in [0, 0.05) is 31.0 Å². The number of para-hydroxylation sites is 2. The van der Waals surface area contributed by atoms with E-state index >= 15 is 0 Å². The van der Waals surface area contributed by atoms with Crippen LogP contribution in [0.2, 0.25) is 0 Å². The molecule has 2 heterocycles. The van der Waals surface area contributed by atoms with Crippen LogP contribution < -0.4 is 9.80 Å². The van der Waals surface area contributed by atoms with E-state index in [9.17, 15) is 4.79 Å². The third-order valence-corrected chi connectivity index (χ3v) is 4.66. The van der Waals surface area contributed by atoms with Crippen LogP contribution in [-0.2, 0) is 6.42 Å². The fourth-order valence-corrected chi connectivity index (χ4v) is 3.32. The lowest BCUT2D eigenvalue weighted by Crippen LogP contribution is -2.28. The van der Waals surface area contributed by atoms with E-state index in [2.05, 4.69) is 33.1 Å². The van der Waals surface area contributed by atoms with Crippen LogP contribution in [0, 0.1) is 6.92 Å². The first kappa shape index (κ1) is 16.3. The molecule has 2 aromatic carbocycles. The van der Waals surface area contributed by atoms with E-state index in [1.165, 1.54) is 5.56 Å². The molecular formula is C21H20N4O. The number of nitrogens with zero attached hydrogens (tertiary/aromatic N) is 4. The molecule has 4 rings (SSSR count). The summed E-state index contributed by atoms with van der Waals surface area (Å²) in [4.78, 5) is 25.6. The van der Waals surface area contributed by atoms with Gasteiger partial charge in [-0.25, -0.2) is 9.97 Å². The molecule has 26 heavy (non-hydrogen) atoms. The van der Waals surface area contributed by atoms with Gasteiger partial charge in [0.25, 0.3) is 5.91 Å². The quantitative estimate of drug-likeness (QED) is 0.726. The Hall–Kier alpha value is -3.21. The Morgan fingerprint density at radius 2 is 1.77 bits per heavy atom. The number of anilines is 3. The fraction of sp³-hybridized carbons (Fsp3) is 0.190. The molecule has 1 aromatic heterocycles. The number of fused-ring (bicyclic) bond motifs is 1. The molecule has 3 aromatic rings. The van der Waals surface area contributed by atoms with Gasteiger partial charge in [-0.3, -0.25) is 4.79 Å². The van der Waals surface area contributed by atoms with Crippen LogP contribution in [0.4, 0.5) is 17.2 Å². The van der Waals surface area contributed by atoms with Crippen LogP contribution in [-0.4, -0.2) is 29.5 Å². The average molecular weight is 344 g/mol. The molecule has 0 unspecified atom stereocenters. The highest BCUT2D eigenvalue weighted by atomic mass is 16.2. The molecule has 0 atom stereocenters. The Labute approximate surface area is 152 Å². The van der Waals surface area contributed by atoms with Crippen LogP contribution in [0.5, 0.6) is 0 Å². The molecule has 1 aliphatic heterocycles. The van der Waals surface area contributed by atoms with Crippen molar-refractivity contribution in [2.24, 2.45) is 0 Å². The Kier molecular flexibility index (Phi) is 4.13. The van der Waals surface area contributed by atoms with Crippen molar-refractivity contribution in [2.75, 3.05) is 23.4 Å². The second kappa shape index (κ2) is 6.59. The highest BCUT2D eigenvalue weighted by Gasteiger charge is 2.23. The maximum atomic E-state index is 12.9. The lowest BCUT2D eigenvalue weighted by molar-refractivity contribution is 0.0988. The zero-order chi connectivity index (χ0) is 18.1. The first-order valence-corrected chi connectivity index (χ1v) is 8.68. The molecule has 0 N–H and O–H groups in total. The first-order valence-electron chi connectivity index (χ1n) is 8.68. The minimum atomic E-state index is -0.143. The lowest BCUT2D eigenvalue weighted by atomic mass is 10.2. The van der Waals surface area contributed by atoms with E-state index in [1.54, 1.807) is 18.0 Å². The van der Waals surface area contributed by atoms with Crippen molar-refractivity contribution in [3.05, 3.63) is 77.7 Å². The molecule has 0 aliphatic carbocycles. The van der Waals surface area contributed by atoms with Crippen molar-refractivity contribution in [1.82, 2.24) is 9.97 Å². The van der Waals surface area contributed by atoms with Gasteiger partial charge >= 0.3 is 0 Å². The highest BCUT2D eigenvalue weighted by molar-refractivity contribution is 6.04. The first-order chi connectivity index (χ1) is 12.6. The zero-order valence-corrected chi connectivity index (χ0v) is 14.9. The summed E-state index contributed by atoms with van der Waals surface area (Å²) in [7, 11) is 1.76. The summed E-state index contributed by atoms with van der Waals surface area (Å²) >= 11 is 0. The van der Waals surface area contributed by atoms with Gasteiger partial charge in [-0.2, -0.15) is 0 Å². The van der Waals surface area contributed by atoms with Crippen molar-refractivity contribution in [3.63, 3.8) is 0 Å². The second-order valence-corrected chi connectivity index (χ2v) is 6.39. The Balaban J connectivity index is 1.68. The van der Waals surface area contributed by atoms with Gasteiger partial charge in [-0.05, 0) is 37.1 Å². The van der Waals surface area contributed by atoms with Gasteiger partial charge < -0.3 is 9.80 Å². The number of benzene rings is 2. The number of carbonyl (C=O) groups excluding carboxylic acids is 1. The van der Waals surface area contributed by atoms with Crippen molar-refractivity contribution >= 4 is 23.1 Å². The number of hydrogen-bond donors (Lipinski definition) is 0. The molecule has 5 heteroatoms. The summed E-state index contributed by atoms with van der Waals surface area (Å²) in [6.07, 6.45) is 0.979. The third-order valence-electron chi connectivity index (χ3n) is 4.66. The van der Waals surface area contributed by atoms with Gasteiger partial charge in [-0.1, -0.05) is 36.4 Å². The summed E-state index contributed by atoms with van der Waals surface area (Å²) in [6, 6.07) is 19.7. The monoisotopic (exact) mass is 344 g/mol. The third kappa shape index (κ3) is 2.92. The Morgan fingerprint density at radius 3 is 2.58 bits per heavy atom. The molecular weight excluding hydrogens is 324 g/mol. The molecule has 0 radical (unpaired) electrons. The highest BCUT2D eigenvalue weighted by Crippen LogP contribution is 2.33. The Bertz CT molecular complexity index is 955. The molecule has 0 bridgehead atoms. The molecule has 0 saturated carbocycles. The Morgan fingerprint density at radius 1 is 1.04 bits per heavy atom. The van der Waals surface area contributed by atoms with Gasteiger partial charge in [-0.15, -0.1) is 0 Å². The summed E-state index contributed by atoms with van der Waals surface area (Å²) in [5.41, 5.74) is 3.70. The maximum Gasteiger partial charge on any atom is 0.276 e. The number of hydrogen-bond acceptors (Lipinski definition) is 4. The van der Waals surface area contributed by atoms with Crippen LogP contribution in [0.15, 0.2) is 60.7 Å². The van der Waals surface area contributed by atoms with Crippen LogP contribution in [0.1, 0.15) is 21.9 Å². The summed E-state index contributed by atoms with van der Waals surface area (Å²) in [5, 5.41) is 0. The van der Waals surface area contributed by atoms with Crippen LogP contribution in [0.25, 0.3) is 0 Å². The second-order valence-electron chi connectivity index (χ2n) is 6.39. The molecule has 1 aliphatic rings. The fourth-order valence-electron chi connectivity index (χ4n) is 3.32. The SMILES string of the molecule is Cc1nc(C(=O)N(C)c2ccccc2)cc(N2CCc3ccccc32)n1. The molecule has 0 spiro atoms. The molecule has 5 nitrogen and oxygen atoms in total. The van der Waals surface area contributed by atoms with E-state index in [-0.39, 0.29) is 5.91 Å². The van der Waals surface area contributed by atoms with Gasteiger partial charge in [0.2, 0.25) is 0 Å². The molecule has 1 amide bonds. The average Bonchev–Trinajstić information content (AvgIpc) is 3.11. The predicted molar refractivity (Wildman–Crippen MR) is 103 cm³/mol. The van der Waals surface area contributed by atoms with Crippen LogP contribution >= 0.6 is 0 Å². The number of aryl methyl sites for hydroxylation is 1. The van der Waals surface area contributed by atoms with Crippen molar-refractivity contribution in [2.45, 2.75) is 13.3 Å². The minimum absolute atomic E-state index is 0.143. The van der Waals surface area contributed by atoms with E-state index in [0.29, 0.717) is 11.5 Å². The van der Waals surface area contributed by atoms with E-state index in [1.807, 2.05) is 43.3 Å². The zero-order valence-electron chi connectivity index (χ0n) is 14.9.